The lowest BCUT2D eigenvalue weighted by molar-refractivity contribution is 0.250. The molecule has 0 aliphatic heterocycles. The predicted molar refractivity (Wildman–Crippen MR) is 133 cm³/mol. The first kappa shape index (κ1) is 26.1. The Labute approximate surface area is 203 Å². The van der Waals surface area contributed by atoms with Gasteiger partial charge < -0.3 is 18.1 Å². The van der Waals surface area contributed by atoms with Gasteiger partial charge in [-0.15, -0.1) is 0 Å². The summed E-state index contributed by atoms with van der Waals surface area (Å²) in [6.07, 6.45) is 0. The Bertz CT molecular complexity index is 1150. The lowest BCUT2D eigenvalue weighted by Crippen LogP contribution is -2.02. The lowest BCUT2D eigenvalue weighted by Gasteiger charge is -2.16. The molecule has 0 atom stereocenters. The highest BCUT2D eigenvalue weighted by molar-refractivity contribution is 7.49. The summed E-state index contributed by atoms with van der Waals surface area (Å²) < 4.78 is 49.1. The molecular formula is C25H24O8P2. The van der Waals surface area contributed by atoms with E-state index in [2.05, 4.69) is 0 Å². The Morgan fingerprint density at radius 1 is 0.486 bits per heavy atom. The van der Waals surface area contributed by atoms with Crippen molar-refractivity contribution in [1.29, 1.82) is 0 Å². The molecule has 0 amide bonds. The maximum atomic E-state index is 12.3. The average Bonchev–Trinajstić information content (AvgIpc) is 2.86. The van der Waals surface area contributed by atoms with E-state index in [1.54, 1.807) is 109 Å². The van der Waals surface area contributed by atoms with Crippen LogP contribution in [0.15, 0.2) is 121 Å². The van der Waals surface area contributed by atoms with Gasteiger partial charge in [-0.2, -0.15) is 0 Å². The number of phosphoric acid groups is 2. The first-order valence-corrected chi connectivity index (χ1v) is 13.3. The summed E-state index contributed by atoms with van der Waals surface area (Å²) in [6, 6.07) is 34.2. The first-order chi connectivity index (χ1) is 16.9. The van der Waals surface area contributed by atoms with Crippen LogP contribution in [-0.4, -0.2) is 12.0 Å². The summed E-state index contributed by atoms with van der Waals surface area (Å²) in [4.78, 5) is 9.53. The number of hydrogen-bond donors (Lipinski definition) is 1. The van der Waals surface area contributed by atoms with E-state index in [1.807, 2.05) is 12.1 Å². The average molecular weight is 514 g/mol. The number of rotatable bonds is 9. The molecule has 0 spiro atoms. The molecule has 4 aromatic rings. The van der Waals surface area contributed by atoms with Gasteiger partial charge in [-0.1, -0.05) is 72.8 Å². The van der Waals surface area contributed by atoms with Crippen LogP contribution in [0.25, 0.3) is 0 Å². The molecule has 0 fully saturated rings. The molecule has 182 valence electrons. The number of benzene rings is 4. The van der Waals surface area contributed by atoms with Crippen molar-refractivity contribution in [3.8, 4) is 23.0 Å². The van der Waals surface area contributed by atoms with Crippen molar-refractivity contribution >= 4 is 15.6 Å². The highest BCUT2D eigenvalue weighted by atomic mass is 31.2. The predicted octanol–water partition coefficient (Wildman–Crippen LogP) is 7.14. The second-order valence-corrected chi connectivity index (χ2v) is 9.64. The monoisotopic (exact) mass is 514 g/mol. The summed E-state index contributed by atoms with van der Waals surface area (Å²) in [5.41, 5.74) is 0. The van der Waals surface area contributed by atoms with Gasteiger partial charge in [-0.3, -0.25) is 9.42 Å². The zero-order chi connectivity index (χ0) is 25.0. The number of phosphoric ester groups is 2. The van der Waals surface area contributed by atoms with E-state index in [-0.39, 0.29) is 11.5 Å². The van der Waals surface area contributed by atoms with E-state index in [9.17, 15) is 14.0 Å². The summed E-state index contributed by atoms with van der Waals surface area (Å²) in [6.45, 7) is 0. The van der Waals surface area contributed by atoms with Crippen molar-refractivity contribution in [2.45, 2.75) is 0 Å². The van der Waals surface area contributed by atoms with Crippen LogP contribution >= 0.6 is 15.6 Å². The van der Waals surface area contributed by atoms with Crippen LogP contribution < -0.4 is 18.1 Å². The third-order valence-electron chi connectivity index (χ3n) is 4.07. The van der Waals surface area contributed by atoms with Crippen molar-refractivity contribution in [1.82, 2.24) is 0 Å². The Morgan fingerprint density at radius 3 is 1.00 bits per heavy atom. The quantitative estimate of drug-likeness (QED) is 0.235. The Kier molecular flexibility index (Phi) is 9.53. The summed E-state index contributed by atoms with van der Waals surface area (Å²) in [5.74, 6) is 1.43. The zero-order valence-electron chi connectivity index (χ0n) is 18.7. The third kappa shape index (κ3) is 9.32. The van der Waals surface area contributed by atoms with Crippen molar-refractivity contribution in [3.63, 3.8) is 0 Å². The van der Waals surface area contributed by atoms with Gasteiger partial charge in [-0.25, -0.2) is 9.13 Å². The van der Waals surface area contributed by atoms with E-state index < -0.39 is 15.6 Å². The summed E-state index contributed by atoms with van der Waals surface area (Å²) in [5, 5.41) is 0. The Morgan fingerprint density at radius 2 is 0.743 bits per heavy atom. The number of para-hydroxylation sites is 4. The molecule has 0 bridgehead atoms. The molecule has 10 heteroatoms. The molecule has 4 aromatic carbocycles. The minimum Gasteiger partial charge on any atom is -0.395 e. The van der Waals surface area contributed by atoms with Crippen LogP contribution in [0.1, 0.15) is 0 Å². The van der Waals surface area contributed by atoms with Gasteiger partial charge in [0, 0.05) is 7.11 Å². The molecule has 0 aliphatic rings. The summed E-state index contributed by atoms with van der Waals surface area (Å²) >= 11 is 0. The van der Waals surface area contributed by atoms with Gasteiger partial charge in [0.25, 0.3) is 0 Å². The second-order valence-electron chi connectivity index (χ2n) is 6.72. The minimum absolute atomic E-state index is 0.286. The minimum atomic E-state index is -4.14. The van der Waals surface area contributed by atoms with E-state index >= 15 is 0 Å². The molecule has 4 rings (SSSR count). The molecule has 0 aliphatic carbocycles. The van der Waals surface area contributed by atoms with Gasteiger partial charge in [0.05, 0.1) is 0 Å². The molecule has 0 aromatic heterocycles. The van der Waals surface area contributed by atoms with Crippen LogP contribution in [0.2, 0.25) is 0 Å². The van der Waals surface area contributed by atoms with Crippen LogP contribution in [0.5, 0.6) is 23.0 Å². The molecular weight excluding hydrogens is 490 g/mol. The van der Waals surface area contributed by atoms with Crippen LogP contribution in [0.4, 0.5) is 0 Å². The maximum Gasteiger partial charge on any atom is 0.587 e. The maximum absolute atomic E-state index is 12.3. The highest BCUT2D eigenvalue weighted by Gasteiger charge is 2.28. The van der Waals surface area contributed by atoms with Crippen molar-refractivity contribution in [3.05, 3.63) is 121 Å². The molecule has 1 N–H and O–H groups in total. The number of hydrogen-bond acceptors (Lipinski definition) is 7. The van der Waals surface area contributed by atoms with Crippen LogP contribution in [0, 0.1) is 0 Å². The van der Waals surface area contributed by atoms with Crippen molar-refractivity contribution in [2.24, 2.45) is 0 Å². The van der Waals surface area contributed by atoms with Gasteiger partial charge in [0.1, 0.15) is 23.0 Å². The SMILES string of the molecule is COP(=O)(Oc1ccccc1)Oc1ccccc1.O=P(O)(Oc1ccccc1)Oc1ccccc1. The van der Waals surface area contributed by atoms with Crippen molar-refractivity contribution < 1.29 is 36.6 Å². The fraction of sp³-hybridized carbons (Fsp3) is 0.0400. The molecule has 0 saturated carbocycles. The van der Waals surface area contributed by atoms with E-state index in [0.717, 1.165) is 0 Å². The molecule has 0 radical (unpaired) electrons. The highest BCUT2D eigenvalue weighted by Crippen LogP contribution is 2.48. The van der Waals surface area contributed by atoms with E-state index in [4.69, 9.17) is 22.6 Å². The molecule has 0 heterocycles. The Hall–Kier alpha value is -3.54. The normalized spacial score (nSPS) is 10.9. The van der Waals surface area contributed by atoms with Crippen LogP contribution in [0.3, 0.4) is 0 Å². The zero-order valence-corrected chi connectivity index (χ0v) is 20.5. The molecule has 8 nitrogen and oxygen atoms in total. The van der Waals surface area contributed by atoms with Crippen molar-refractivity contribution in [2.75, 3.05) is 7.11 Å². The van der Waals surface area contributed by atoms with Gasteiger partial charge in [0.2, 0.25) is 0 Å². The lowest BCUT2D eigenvalue weighted by atomic mass is 10.3. The first-order valence-electron chi connectivity index (χ1n) is 10.3. The smallest absolute Gasteiger partial charge is 0.395 e. The van der Waals surface area contributed by atoms with Crippen LogP contribution in [-0.2, 0) is 13.7 Å². The standard InChI is InChI=1S/C13H13O4P.C12H11O4P/c1-15-18(14,16-12-8-4-2-5-9-12)17-13-10-6-3-7-11-13;13-17(14,15-11-7-3-1-4-8-11)16-12-9-5-2-6-10-12/h2-11H,1H3;1-10H,(H,13,14). The fourth-order valence-electron chi connectivity index (χ4n) is 2.56. The summed E-state index contributed by atoms with van der Waals surface area (Å²) in [7, 11) is -6.50. The largest absolute Gasteiger partial charge is 0.587 e. The topological polar surface area (TPSA) is 101 Å². The van der Waals surface area contributed by atoms with Gasteiger partial charge >= 0.3 is 15.6 Å². The fourth-order valence-corrected chi connectivity index (χ4v) is 4.32. The van der Waals surface area contributed by atoms with E-state index in [0.29, 0.717) is 11.5 Å². The molecule has 0 unspecified atom stereocenters. The molecule has 0 saturated heterocycles. The third-order valence-corrected chi connectivity index (χ3v) is 6.27. The Balaban J connectivity index is 0.000000196. The van der Waals surface area contributed by atoms with Gasteiger partial charge in [-0.05, 0) is 48.5 Å². The van der Waals surface area contributed by atoms with Gasteiger partial charge in [0.15, 0.2) is 0 Å². The molecule has 35 heavy (non-hydrogen) atoms. The van der Waals surface area contributed by atoms with E-state index in [1.165, 1.54) is 7.11 Å². The second kappa shape index (κ2) is 12.8.